The molecule has 1 aliphatic carbocycles. The molecule has 0 bridgehead atoms. The number of aryl methyl sites for hydroxylation is 1. The molecule has 7 nitrogen and oxygen atoms in total. The molecule has 0 spiro atoms. The number of carboxylic acid groups (broad SMARTS) is 1. The molecule has 0 aliphatic heterocycles. The quantitative estimate of drug-likeness (QED) is 0.691. The summed E-state index contributed by atoms with van der Waals surface area (Å²) < 4.78 is 31.6. The molecule has 27 heavy (non-hydrogen) atoms. The highest BCUT2D eigenvalue weighted by Gasteiger charge is 2.31. The Labute approximate surface area is 156 Å². The van der Waals surface area contributed by atoms with Gasteiger partial charge in [0.2, 0.25) is 15.7 Å². The summed E-state index contributed by atoms with van der Waals surface area (Å²) in [6.45, 7) is 1.94. The van der Waals surface area contributed by atoms with E-state index in [1.807, 2.05) is 19.1 Å². The number of fused-ring (bicyclic) bond motifs is 1. The van der Waals surface area contributed by atoms with E-state index in [1.165, 1.54) is 0 Å². The van der Waals surface area contributed by atoms with Crippen LogP contribution >= 0.6 is 0 Å². The monoisotopic (exact) mass is 386 g/mol. The van der Waals surface area contributed by atoms with Crippen LogP contribution in [0.1, 0.15) is 40.2 Å². The zero-order valence-electron chi connectivity index (χ0n) is 14.8. The number of pyridine rings is 1. The van der Waals surface area contributed by atoms with Gasteiger partial charge in [-0.15, -0.1) is 0 Å². The molecule has 0 unspecified atom stereocenters. The molecular formula is C19H18N2O5S. The predicted molar refractivity (Wildman–Crippen MR) is 102 cm³/mol. The summed E-state index contributed by atoms with van der Waals surface area (Å²) in [5, 5.41) is 10.1. The molecule has 1 aliphatic rings. The number of carboxylic acids is 1. The number of furan rings is 1. The Morgan fingerprint density at radius 2 is 1.93 bits per heavy atom. The molecule has 0 radical (unpaired) electrons. The van der Waals surface area contributed by atoms with Crippen LogP contribution in [-0.4, -0.2) is 30.7 Å². The molecule has 2 aromatic heterocycles. The maximum Gasteiger partial charge on any atom is 0.340 e. The second-order valence-electron chi connectivity index (χ2n) is 6.90. The first-order valence-corrected chi connectivity index (χ1v) is 10.4. The zero-order valence-corrected chi connectivity index (χ0v) is 15.6. The Hall–Kier alpha value is -2.87. The van der Waals surface area contributed by atoms with Crippen LogP contribution in [0.2, 0.25) is 0 Å². The molecule has 140 valence electrons. The normalized spacial score (nSPS) is 14.4. The van der Waals surface area contributed by atoms with Crippen molar-refractivity contribution in [2.24, 2.45) is 0 Å². The van der Waals surface area contributed by atoms with E-state index in [1.54, 1.807) is 18.2 Å². The zero-order chi connectivity index (χ0) is 19.3. The molecule has 0 atom stereocenters. The number of hydrogen-bond acceptors (Lipinski definition) is 5. The smallest absolute Gasteiger partial charge is 0.340 e. The minimum atomic E-state index is -3.52. The maximum atomic E-state index is 11.9. The molecule has 4 rings (SSSR count). The molecule has 2 N–H and O–H groups in total. The number of nitrogens with one attached hydrogen (secondary N) is 1. The van der Waals surface area contributed by atoms with Gasteiger partial charge in [-0.25, -0.2) is 13.2 Å². The standard InChI is InChI=1S/C19H18N2O5S/c1-10-3-5-12(6-4-10)16-15(19(22)23)14-9-13(11-7-8-11)17(20-18(14)26-16)21-27(2,24)25/h3-6,9,11H,7-8H2,1-2H3,(H,20,21)(H,22,23). The molecule has 0 amide bonds. The van der Waals surface area contributed by atoms with E-state index in [4.69, 9.17) is 4.42 Å². The van der Waals surface area contributed by atoms with Gasteiger partial charge in [-0.1, -0.05) is 29.8 Å². The Morgan fingerprint density at radius 1 is 1.26 bits per heavy atom. The fourth-order valence-electron chi connectivity index (χ4n) is 3.12. The van der Waals surface area contributed by atoms with Crippen molar-refractivity contribution in [2.45, 2.75) is 25.7 Å². The van der Waals surface area contributed by atoms with Crippen LogP contribution in [0.3, 0.4) is 0 Å². The molecule has 2 heterocycles. The lowest BCUT2D eigenvalue weighted by molar-refractivity contribution is 0.0699. The number of carbonyl (C=O) groups is 1. The number of sulfonamides is 1. The topological polar surface area (TPSA) is 110 Å². The fraction of sp³-hybridized carbons (Fsp3) is 0.263. The van der Waals surface area contributed by atoms with E-state index in [2.05, 4.69) is 9.71 Å². The number of aromatic nitrogens is 1. The first-order valence-electron chi connectivity index (χ1n) is 8.48. The highest BCUT2D eigenvalue weighted by molar-refractivity contribution is 7.92. The van der Waals surface area contributed by atoms with Gasteiger partial charge in [-0.05, 0) is 37.3 Å². The number of benzene rings is 1. The van der Waals surface area contributed by atoms with E-state index in [9.17, 15) is 18.3 Å². The van der Waals surface area contributed by atoms with E-state index < -0.39 is 16.0 Å². The van der Waals surface area contributed by atoms with Crippen molar-refractivity contribution in [1.29, 1.82) is 0 Å². The lowest BCUT2D eigenvalue weighted by Gasteiger charge is -2.08. The second-order valence-corrected chi connectivity index (χ2v) is 8.65. The van der Waals surface area contributed by atoms with Gasteiger partial charge in [-0.2, -0.15) is 4.98 Å². The van der Waals surface area contributed by atoms with Gasteiger partial charge in [-0.3, -0.25) is 4.72 Å². The Balaban J connectivity index is 1.97. The largest absolute Gasteiger partial charge is 0.478 e. The highest BCUT2D eigenvalue weighted by Crippen LogP contribution is 2.45. The third kappa shape index (κ3) is 3.40. The summed E-state index contributed by atoms with van der Waals surface area (Å²) in [5.74, 6) is -0.529. The first kappa shape index (κ1) is 17.5. The van der Waals surface area contributed by atoms with Gasteiger partial charge in [0.15, 0.2) is 5.76 Å². The third-order valence-electron chi connectivity index (χ3n) is 4.54. The van der Waals surface area contributed by atoms with Crippen molar-refractivity contribution >= 4 is 32.9 Å². The SMILES string of the molecule is Cc1ccc(-c2oc3nc(NS(C)(=O)=O)c(C4CC4)cc3c2C(=O)O)cc1. The van der Waals surface area contributed by atoms with Crippen molar-refractivity contribution in [2.75, 3.05) is 11.0 Å². The van der Waals surface area contributed by atoms with Crippen molar-refractivity contribution in [3.8, 4) is 11.3 Å². The first-order chi connectivity index (χ1) is 12.7. The molecule has 1 saturated carbocycles. The summed E-state index contributed by atoms with van der Waals surface area (Å²) in [5.41, 5.74) is 2.50. The second kappa shape index (κ2) is 6.09. The average molecular weight is 386 g/mol. The summed E-state index contributed by atoms with van der Waals surface area (Å²) in [4.78, 5) is 16.3. The third-order valence-corrected chi connectivity index (χ3v) is 5.10. The molecule has 1 aromatic carbocycles. The summed E-state index contributed by atoms with van der Waals surface area (Å²) in [7, 11) is -3.52. The minimum Gasteiger partial charge on any atom is -0.478 e. The fourth-order valence-corrected chi connectivity index (χ4v) is 3.64. The van der Waals surface area contributed by atoms with Gasteiger partial charge < -0.3 is 9.52 Å². The molecule has 3 aromatic rings. The molecule has 0 saturated heterocycles. The van der Waals surface area contributed by atoms with Crippen LogP contribution in [0.4, 0.5) is 5.82 Å². The minimum absolute atomic E-state index is 0.0363. The van der Waals surface area contributed by atoms with E-state index in [0.29, 0.717) is 16.5 Å². The summed E-state index contributed by atoms with van der Waals surface area (Å²) >= 11 is 0. The average Bonchev–Trinajstić information content (AvgIpc) is 3.34. The highest BCUT2D eigenvalue weighted by atomic mass is 32.2. The van der Waals surface area contributed by atoms with Gasteiger partial charge in [0.05, 0.1) is 11.6 Å². The lowest BCUT2D eigenvalue weighted by Crippen LogP contribution is -2.12. The Kier molecular flexibility index (Phi) is 3.96. The van der Waals surface area contributed by atoms with Gasteiger partial charge in [0.1, 0.15) is 11.4 Å². The number of aromatic carboxylic acids is 1. The van der Waals surface area contributed by atoms with E-state index >= 15 is 0 Å². The molecule has 1 fully saturated rings. The lowest BCUT2D eigenvalue weighted by atomic mass is 10.0. The summed E-state index contributed by atoms with van der Waals surface area (Å²) in [6, 6.07) is 9.01. The van der Waals surface area contributed by atoms with E-state index in [-0.39, 0.29) is 28.8 Å². The Morgan fingerprint density at radius 3 is 2.48 bits per heavy atom. The predicted octanol–water partition coefficient (Wildman–Crippen LogP) is 3.75. The van der Waals surface area contributed by atoms with Crippen LogP contribution in [0.5, 0.6) is 0 Å². The number of rotatable bonds is 5. The number of hydrogen-bond donors (Lipinski definition) is 2. The van der Waals surface area contributed by atoms with Gasteiger partial charge in [0, 0.05) is 5.56 Å². The van der Waals surface area contributed by atoms with Crippen LogP contribution < -0.4 is 4.72 Å². The summed E-state index contributed by atoms with van der Waals surface area (Å²) in [6.07, 6.45) is 2.88. The van der Waals surface area contributed by atoms with E-state index in [0.717, 1.165) is 24.7 Å². The van der Waals surface area contributed by atoms with Crippen LogP contribution in [0.15, 0.2) is 34.7 Å². The van der Waals surface area contributed by atoms with Crippen LogP contribution in [0, 0.1) is 6.92 Å². The van der Waals surface area contributed by atoms with Crippen LogP contribution in [-0.2, 0) is 10.0 Å². The Bertz CT molecular complexity index is 1160. The van der Waals surface area contributed by atoms with Crippen molar-refractivity contribution in [3.05, 3.63) is 47.0 Å². The van der Waals surface area contributed by atoms with Gasteiger partial charge >= 0.3 is 5.97 Å². The molecule has 8 heteroatoms. The van der Waals surface area contributed by atoms with Gasteiger partial charge in [0.25, 0.3) is 0 Å². The molecular weight excluding hydrogens is 368 g/mol. The van der Waals surface area contributed by atoms with Crippen molar-refractivity contribution < 1.29 is 22.7 Å². The van der Waals surface area contributed by atoms with Crippen molar-refractivity contribution in [3.63, 3.8) is 0 Å². The number of nitrogens with zero attached hydrogens (tertiary/aromatic N) is 1. The van der Waals surface area contributed by atoms with Crippen LogP contribution in [0.25, 0.3) is 22.4 Å². The number of anilines is 1. The van der Waals surface area contributed by atoms with Crippen molar-refractivity contribution in [1.82, 2.24) is 4.98 Å². The maximum absolute atomic E-state index is 11.9.